The summed E-state index contributed by atoms with van der Waals surface area (Å²) < 4.78 is 37.8. The normalized spacial score (nSPS) is 17.8. The van der Waals surface area contributed by atoms with Crippen molar-refractivity contribution in [3.8, 4) is 0 Å². The molecular weight excluding hydrogens is 517 g/mol. The van der Waals surface area contributed by atoms with Crippen LogP contribution in [-0.4, -0.2) is 33.9 Å². The van der Waals surface area contributed by atoms with Gasteiger partial charge in [-0.1, -0.05) is 11.6 Å². The van der Waals surface area contributed by atoms with Crippen LogP contribution in [0.2, 0.25) is 5.02 Å². The van der Waals surface area contributed by atoms with Gasteiger partial charge >= 0.3 is 11.5 Å². The van der Waals surface area contributed by atoms with Gasteiger partial charge in [-0.05, 0) is 78.8 Å². The monoisotopic (exact) mass is 534 g/mol. The number of rotatable bonds is 6. The molecule has 1 saturated heterocycles. The summed E-state index contributed by atoms with van der Waals surface area (Å²) in [6, 6.07) is 12.1. The summed E-state index contributed by atoms with van der Waals surface area (Å²) in [7, 11) is 0. The SMILES string of the molecule is CC1(Cc2ccncc2NC(=O)c2ccc(Cl)cc2)NC(=O)N(c2ccc(SC(F)(F)F)cc2)C1=O. The summed E-state index contributed by atoms with van der Waals surface area (Å²) in [5.41, 5.74) is -4.43. The summed E-state index contributed by atoms with van der Waals surface area (Å²) in [6.07, 6.45) is 2.95. The number of urea groups is 1. The number of imide groups is 1. The summed E-state index contributed by atoms with van der Waals surface area (Å²) in [5, 5.41) is 5.89. The predicted octanol–water partition coefficient (Wildman–Crippen LogP) is 5.66. The van der Waals surface area contributed by atoms with E-state index in [2.05, 4.69) is 15.6 Å². The minimum atomic E-state index is -4.45. The number of nitrogens with zero attached hydrogens (tertiary/aromatic N) is 2. The van der Waals surface area contributed by atoms with Gasteiger partial charge in [0.05, 0.1) is 17.6 Å². The van der Waals surface area contributed by atoms with Gasteiger partial charge in [-0.15, -0.1) is 0 Å². The lowest BCUT2D eigenvalue weighted by Gasteiger charge is -2.23. The highest BCUT2D eigenvalue weighted by Gasteiger charge is 2.48. The number of anilines is 2. The van der Waals surface area contributed by atoms with E-state index in [0.29, 0.717) is 21.8 Å². The van der Waals surface area contributed by atoms with Crippen LogP contribution in [0, 0.1) is 0 Å². The third kappa shape index (κ3) is 5.63. The third-order valence-corrected chi connectivity index (χ3v) is 6.39. The molecule has 0 spiro atoms. The van der Waals surface area contributed by atoms with Gasteiger partial charge in [0.25, 0.3) is 11.8 Å². The number of aromatic nitrogens is 1. The van der Waals surface area contributed by atoms with Crippen molar-refractivity contribution in [2.75, 3.05) is 10.2 Å². The first-order chi connectivity index (χ1) is 16.9. The van der Waals surface area contributed by atoms with Crippen LogP contribution in [0.1, 0.15) is 22.8 Å². The van der Waals surface area contributed by atoms with E-state index in [1.54, 1.807) is 30.3 Å². The molecule has 0 radical (unpaired) electrons. The van der Waals surface area contributed by atoms with E-state index >= 15 is 0 Å². The van der Waals surface area contributed by atoms with Gasteiger partial charge in [0.1, 0.15) is 5.54 Å². The van der Waals surface area contributed by atoms with E-state index in [1.165, 1.54) is 43.6 Å². The Labute approximate surface area is 213 Å². The molecule has 1 unspecified atom stereocenters. The zero-order valence-electron chi connectivity index (χ0n) is 18.6. The van der Waals surface area contributed by atoms with Crippen LogP contribution in [0.4, 0.5) is 29.3 Å². The first-order valence-electron chi connectivity index (χ1n) is 10.5. The number of alkyl halides is 3. The Morgan fingerprint density at radius 1 is 1.11 bits per heavy atom. The highest BCUT2D eigenvalue weighted by molar-refractivity contribution is 8.00. The van der Waals surface area contributed by atoms with Crippen molar-refractivity contribution in [3.05, 3.63) is 83.1 Å². The van der Waals surface area contributed by atoms with Crippen molar-refractivity contribution >= 4 is 52.6 Å². The van der Waals surface area contributed by atoms with Crippen molar-refractivity contribution in [1.29, 1.82) is 0 Å². The average molecular weight is 535 g/mol. The fourth-order valence-corrected chi connectivity index (χ4v) is 4.37. The van der Waals surface area contributed by atoms with Gasteiger partial charge in [0, 0.05) is 28.1 Å². The largest absolute Gasteiger partial charge is 0.446 e. The number of carbonyl (C=O) groups excluding carboxylic acids is 3. The number of halogens is 4. The molecule has 0 bridgehead atoms. The molecule has 1 fully saturated rings. The van der Waals surface area contributed by atoms with Crippen molar-refractivity contribution in [2.45, 2.75) is 29.3 Å². The number of benzene rings is 2. The Bertz CT molecular complexity index is 1320. The molecule has 1 aliphatic rings. The number of hydrogen-bond acceptors (Lipinski definition) is 5. The molecule has 1 aliphatic heterocycles. The maximum atomic E-state index is 13.3. The van der Waals surface area contributed by atoms with Crippen molar-refractivity contribution in [3.63, 3.8) is 0 Å². The molecule has 0 aliphatic carbocycles. The zero-order chi connectivity index (χ0) is 26.1. The number of thioether (sulfide) groups is 1. The highest BCUT2D eigenvalue weighted by Crippen LogP contribution is 2.38. The van der Waals surface area contributed by atoms with Crippen molar-refractivity contribution in [2.24, 2.45) is 0 Å². The van der Waals surface area contributed by atoms with Crippen LogP contribution >= 0.6 is 23.4 Å². The first kappa shape index (κ1) is 25.5. The number of amides is 4. The lowest BCUT2D eigenvalue weighted by molar-refractivity contribution is -0.121. The van der Waals surface area contributed by atoms with Gasteiger partial charge in [0.2, 0.25) is 0 Å². The minimum Gasteiger partial charge on any atom is -0.323 e. The highest BCUT2D eigenvalue weighted by atomic mass is 35.5. The molecule has 1 atom stereocenters. The summed E-state index contributed by atoms with van der Waals surface area (Å²) >= 11 is 5.58. The van der Waals surface area contributed by atoms with E-state index < -0.39 is 28.9 Å². The molecule has 186 valence electrons. The maximum absolute atomic E-state index is 13.3. The Kier molecular flexibility index (Phi) is 6.96. The Balaban J connectivity index is 1.53. The van der Waals surface area contributed by atoms with Crippen LogP contribution in [0.3, 0.4) is 0 Å². The molecular formula is C24H18ClF3N4O3S. The molecule has 0 saturated carbocycles. The average Bonchev–Trinajstić information content (AvgIpc) is 3.03. The molecule has 3 aromatic rings. The molecule has 12 heteroatoms. The van der Waals surface area contributed by atoms with E-state index in [-0.39, 0.29) is 28.8 Å². The fraction of sp³-hybridized carbons (Fsp3) is 0.167. The van der Waals surface area contributed by atoms with Gasteiger partial charge < -0.3 is 10.6 Å². The number of nitrogens with one attached hydrogen (secondary N) is 2. The molecule has 4 amide bonds. The second-order valence-corrected chi connectivity index (χ2v) is 9.69. The van der Waals surface area contributed by atoms with E-state index in [0.717, 1.165) is 4.90 Å². The summed E-state index contributed by atoms with van der Waals surface area (Å²) in [6.45, 7) is 1.53. The van der Waals surface area contributed by atoms with E-state index in [9.17, 15) is 27.6 Å². The fourth-order valence-electron chi connectivity index (χ4n) is 3.70. The molecule has 7 nitrogen and oxygen atoms in total. The van der Waals surface area contributed by atoms with E-state index in [1.807, 2.05) is 0 Å². The van der Waals surface area contributed by atoms with Crippen molar-refractivity contribution < 1.29 is 27.6 Å². The topological polar surface area (TPSA) is 91.4 Å². The molecule has 1 aromatic heterocycles. The lowest BCUT2D eigenvalue weighted by Crippen LogP contribution is -2.46. The Morgan fingerprint density at radius 3 is 2.42 bits per heavy atom. The van der Waals surface area contributed by atoms with Gasteiger partial charge in [0.15, 0.2) is 0 Å². The van der Waals surface area contributed by atoms with E-state index in [4.69, 9.17) is 11.6 Å². The Morgan fingerprint density at radius 2 is 1.78 bits per heavy atom. The second-order valence-electron chi connectivity index (χ2n) is 8.12. The molecule has 2 N–H and O–H groups in total. The standard InChI is InChI=1S/C24H18ClF3N4O3S/c1-23(12-15-10-11-29-13-19(15)30-20(33)14-2-4-16(25)5-3-14)21(34)32(22(35)31-23)17-6-8-18(9-7-17)36-24(26,27)28/h2-11,13H,12H2,1H3,(H,30,33)(H,31,35). The van der Waals surface area contributed by atoms with Gasteiger partial charge in [-0.3, -0.25) is 14.6 Å². The molecule has 2 heterocycles. The van der Waals surface area contributed by atoms with Crippen LogP contribution in [0.15, 0.2) is 71.9 Å². The number of hydrogen-bond donors (Lipinski definition) is 2. The quantitative estimate of drug-likeness (QED) is 0.315. The van der Waals surface area contributed by atoms with Gasteiger partial charge in [-0.25, -0.2) is 9.69 Å². The number of pyridine rings is 1. The summed E-state index contributed by atoms with van der Waals surface area (Å²) in [5.74, 6) is -0.998. The van der Waals surface area contributed by atoms with Crippen LogP contribution in [-0.2, 0) is 11.2 Å². The first-order valence-corrected chi connectivity index (χ1v) is 11.7. The second kappa shape index (κ2) is 9.82. The maximum Gasteiger partial charge on any atom is 0.446 e. The van der Waals surface area contributed by atoms with Crippen LogP contribution < -0.4 is 15.5 Å². The molecule has 36 heavy (non-hydrogen) atoms. The molecule has 2 aromatic carbocycles. The van der Waals surface area contributed by atoms with Crippen LogP contribution in [0.5, 0.6) is 0 Å². The molecule has 4 rings (SSSR count). The summed E-state index contributed by atoms with van der Waals surface area (Å²) in [4.78, 5) is 43.5. The number of carbonyl (C=O) groups is 3. The lowest BCUT2D eigenvalue weighted by atomic mass is 9.92. The smallest absolute Gasteiger partial charge is 0.323 e. The minimum absolute atomic E-state index is 0.0227. The van der Waals surface area contributed by atoms with Crippen LogP contribution in [0.25, 0.3) is 0 Å². The van der Waals surface area contributed by atoms with Gasteiger partial charge in [-0.2, -0.15) is 13.2 Å². The van der Waals surface area contributed by atoms with Crippen molar-refractivity contribution in [1.82, 2.24) is 10.3 Å². The zero-order valence-corrected chi connectivity index (χ0v) is 20.2. The predicted molar refractivity (Wildman–Crippen MR) is 130 cm³/mol. The third-order valence-electron chi connectivity index (χ3n) is 5.40. The Hall–Kier alpha value is -3.57.